The van der Waals surface area contributed by atoms with E-state index in [0.717, 1.165) is 36.7 Å². The number of hydrogen-bond acceptors (Lipinski definition) is 6. The van der Waals surface area contributed by atoms with Crippen molar-refractivity contribution < 1.29 is 9.47 Å². The third kappa shape index (κ3) is 3.35. The average Bonchev–Trinajstić information content (AvgIpc) is 3.10. The molecule has 3 rings (SSSR count). The number of pyridine rings is 1. The van der Waals surface area contributed by atoms with Crippen LogP contribution in [0, 0.1) is 11.3 Å². The summed E-state index contributed by atoms with van der Waals surface area (Å²) in [6, 6.07) is 11.8. The second-order valence-electron chi connectivity index (χ2n) is 5.66. The molecule has 0 bridgehead atoms. The molecule has 6 nitrogen and oxygen atoms in total. The van der Waals surface area contributed by atoms with Crippen LogP contribution in [0.25, 0.3) is 0 Å². The van der Waals surface area contributed by atoms with Crippen LogP contribution in [0.5, 0.6) is 11.5 Å². The second-order valence-corrected chi connectivity index (χ2v) is 5.66. The van der Waals surface area contributed by atoms with Crippen LogP contribution in [0.2, 0.25) is 0 Å². The molecule has 1 unspecified atom stereocenters. The molecule has 1 atom stereocenters. The normalized spacial score (nSPS) is 16.5. The van der Waals surface area contributed by atoms with Crippen molar-refractivity contribution in [3.8, 4) is 17.6 Å². The Balaban J connectivity index is 1.73. The van der Waals surface area contributed by atoms with Gasteiger partial charge in [-0.2, -0.15) is 5.26 Å². The fourth-order valence-electron chi connectivity index (χ4n) is 2.89. The van der Waals surface area contributed by atoms with Crippen LogP contribution in [-0.4, -0.2) is 38.3 Å². The molecule has 1 saturated heterocycles. The van der Waals surface area contributed by atoms with Crippen molar-refractivity contribution in [2.75, 3.05) is 37.5 Å². The number of rotatable bonds is 5. The molecule has 2 aromatic rings. The summed E-state index contributed by atoms with van der Waals surface area (Å²) in [7, 11) is 3.30. The van der Waals surface area contributed by atoms with Crippen LogP contribution >= 0.6 is 0 Å². The van der Waals surface area contributed by atoms with Gasteiger partial charge in [-0.1, -0.05) is 0 Å². The summed E-state index contributed by atoms with van der Waals surface area (Å²) in [5, 5.41) is 12.5. The Hall–Kier alpha value is -2.94. The first-order valence-corrected chi connectivity index (χ1v) is 7.83. The lowest BCUT2D eigenvalue weighted by Gasteiger charge is -2.21. The fraction of sp³-hybridized carbons (Fsp3) is 0.333. The molecule has 1 aliphatic rings. The molecule has 1 aromatic heterocycles. The van der Waals surface area contributed by atoms with Crippen molar-refractivity contribution in [2.45, 2.75) is 12.5 Å². The summed E-state index contributed by atoms with van der Waals surface area (Å²) in [6.07, 6.45) is 2.67. The minimum atomic E-state index is 0.240. The number of anilines is 2. The lowest BCUT2D eigenvalue weighted by atomic mass is 10.2. The summed E-state index contributed by atoms with van der Waals surface area (Å²) >= 11 is 0. The first-order valence-electron chi connectivity index (χ1n) is 7.83. The number of ether oxygens (including phenoxy) is 2. The maximum Gasteiger partial charge on any atom is 0.144 e. The number of nitrogens with one attached hydrogen (secondary N) is 1. The van der Waals surface area contributed by atoms with Crippen LogP contribution in [0.1, 0.15) is 12.0 Å². The van der Waals surface area contributed by atoms with Gasteiger partial charge < -0.3 is 19.7 Å². The molecule has 6 heteroatoms. The Morgan fingerprint density at radius 2 is 2.00 bits per heavy atom. The fourth-order valence-corrected chi connectivity index (χ4v) is 2.89. The summed E-state index contributed by atoms with van der Waals surface area (Å²) in [5.41, 5.74) is 1.64. The van der Waals surface area contributed by atoms with Gasteiger partial charge in [-0.15, -0.1) is 0 Å². The standard InChI is InChI=1S/C18H20N4O2/c1-23-16-8-15(9-17(10-16)24-2)22-7-5-14(12-22)21-18-13(11-19)4-3-6-20-18/h3-4,6,8-10,14H,5,7,12H2,1-2H3,(H,20,21). The molecule has 0 aliphatic carbocycles. The van der Waals surface area contributed by atoms with Crippen molar-refractivity contribution in [1.29, 1.82) is 5.26 Å². The molecule has 0 radical (unpaired) electrons. The molecule has 1 fully saturated rings. The van der Waals surface area contributed by atoms with Crippen LogP contribution in [-0.2, 0) is 0 Å². The van der Waals surface area contributed by atoms with Gasteiger partial charge in [-0.05, 0) is 18.6 Å². The Labute approximate surface area is 141 Å². The maximum absolute atomic E-state index is 9.17. The van der Waals surface area contributed by atoms with Crippen molar-refractivity contribution in [3.63, 3.8) is 0 Å². The highest BCUT2D eigenvalue weighted by atomic mass is 16.5. The lowest BCUT2D eigenvalue weighted by Crippen LogP contribution is -2.26. The van der Waals surface area contributed by atoms with E-state index in [4.69, 9.17) is 14.7 Å². The highest BCUT2D eigenvalue weighted by Crippen LogP contribution is 2.31. The Bertz CT molecular complexity index is 735. The number of benzene rings is 1. The van der Waals surface area contributed by atoms with Crippen molar-refractivity contribution in [1.82, 2.24) is 4.98 Å². The van der Waals surface area contributed by atoms with Crippen LogP contribution in [0.4, 0.5) is 11.5 Å². The molecule has 24 heavy (non-hydrogen) atoms. The number of nitriles is 1. The third-order valence-corrected chi connectivity index (χ3v) is 4.16. The van der Waals surface area contributed by atoms with Gasteiger partial charge in [0, 0.05) is 49.2 Å². The molecule has 124 valence electrons. The number of hydrogen-bond donors (Lipinski definition) is 1. The number of aromatic nitrogens is 1. The topological polar surface area (TPSA) is 70.4 Å². The molecule has 0 spiro atoms. The van der Waals surface area contributed by atoms with Gasteiger partial charge in [-0.25, -0.2) is 4.98 Å². The van der Waals surface area contributed by atoms with E-state index in [1.165, 1.54) is 0 Å². The van der Waals surface area contributed by atoms with Crippen LogP contribution in [0.3, 0.4) is 0 Å². The summed E-state index contributed by atoms with van der Waals surface area (Å²) in [4.78, 5) is 6.55. The van der Waals surface area contributed by atoms with Gasteiger partial charge in [0.15, 0.2) is 0 Å². The quantitative estimate of drug-likeness (QED) is 0.912. The molecular formula is C18H20N4O2. The minimum Gasteiger partial charge on any atom is -0.497 e. The zero-order chi connectivity index (χ0) is 16.9. The molecule has 1 N–H and O–H groups in total. The second kappa shape index (κ2) is 7.09. The molecule has 0 amide bonds. The zero-order valence-corrected chi connectivity index (χ0v) is 13.8. The molecule has 1 aliphatic heterocycles. The Morgan fingerprint density at radius 3 is 2.67 bits per heavy atom. The van der Waals surface area contributed by atoms with Crippen LogP contribution in [0.15, 0.2) is 36.5 Å². The van der Waals surface area contributed by atoms with E-state index in [2.05, 4.69) is 21.3 Å². The van der Waals surface area contributed by atoms with E-state index in [1.807, 2.05) is 18.2 Å². The van der Waals surface area contributed by atoms with E-state index in [0.29, 0.717) is 11.4 Å². The maximum atomic E-state index is 9.17. The third-order valence-electron chi connectivity index (χ3n) is 4.16. The van der Waals surface area contributed by atoms with Gasteiger partial charge in [-0.3, -0.25) is 0 Å². The Kier molecular flexibility index (Phi) is 4.71. The molecule has 2 heterocycles. The predicted molar refractivity (Wildman–Crippen MR) is 92.7 cm³/mol. The van der Waals surface area contributed by atoms with Gasteiger partial charge in [0.05, 0.1) is 19.8 Å². The number of nitrogens with zero attached hydrogens (tertiary/aromatic N) is 3. The number of methoxy groups -OCH3 is 2. The first kappa shape index (κ1) is 15.9. The smallest absolute Gasteiger partial charge is 0.144 e. The van der Waals surface area contributed by atoms with Crippen molar-refractivity contribution >= 4 is 11.5 Å². The van der Waals surface area contributed by atoms with E-state index in [-0.39, 0.29) is 6.04 Å². The van der Waals surface area contributed by atoms with E-state index < -0.39 is 0 Å². The zero-order valence-electron chi connectivity index (χ0n) is 13.8. The average molecular weight is 324 g/mol. The van der Waals surface area contributed by atoms with E-state index in [9.17, 15) is 0 Å². The summed E-state index contributed by atoms with van der Waals surface area (Å²) < 4.78 is 10.7. The minimum absolute atomic E-state index is 0.240. The van der Waals surface area contributed by atoms with Gasteiger partial charge in [0.25, 0.3) is 0 Å². The van der Waals surface area contributed by atoms with Gasteiger partial charge in [0.2, 0.25) is 0 Å². The Morgan fingerprint density at radius 1 is 1.25 bits per heavy atom. The SMILES string of the molecule is COc1cc(OC)cc(N2CCC(Nc3ncccc3C#N)C2)c1. The molecule has 0 saturated carbocycles. The lowest BCUT2D eigenvalue weighted by molar-refractivity contribution is 0.394. The summed E-state index contributed by atoms with van der Waals surface area (Å²) in [5.74, 6) is 2.20. The van der Waals surface area contributed by atoms with Gasteiger partial charge >= 0.3 is 0 Å². The predicted octanol–water partition coefficient (Wildman–Crippen LogP) is 2.66. The highest BCUT2D eigenvalue weighted by molar-refractivity contribution is 5.58. The molecular weight excluding hydrogens is 304 g/mol. The molecule has 1 aromatic carbocycles. The highest BCUT2D eigenvalue weighted by Gasteiger charge is 2.24. The monoisotopic (exact) mass is 324 g/mol. The van der Waals surface area contributed by atoms with Crippen LogP contribution < -0.4 is 19.7 Å². The summed E-state index contributed by atoms with van der Waals surface area (Å²) in [6.45, 7) is 1.75. The van der Waals surface area contributed by atoms with Crippen molar-refractivity contribution in [3.05, 3.63) is 42.1 Å². The van der Waals surface area contributed by atoms with Gasteiger partial charge in [0.1, 0.15) is 23.4 Å². The van der Waals surface area contributed by atoms with Crippen molar-refractivity contribution in [2.24, 2.45) is 0 Å². The van der Waals surface area contributed by atoms with E-state index in [1.54, 1.807) is 32.5 Å². The van der Waals surface area contributed by atoms with E-state index >= 15 is 0 Å². The largest absolute Gasteiger partial charge is 0.497 e. The first-order chi connectivity index (χ1) is 11.7.